The number of methoxy groups -OCH3 is 2. The number of carbonyl (C=O) groups is 1. The molecular weight excluding hydrogens is 420 g/mol. The van der Waals surface area contributed by atoms with Crippen LogP contribution in [-0.4, -0.2) is 54.8 Å². The van der Waals surface area contributed by atoms with Gasteiger partial charge < -0.3 is 30.4 Å². The van der Waals surface area contributed by atoms with Crippen molar-refractivity contribution < 1.29 is 14.3 Å². The summed E-state index contributed by atoms with van der Waals surface area (Å²) in [7, 11) is 3.15. The number of fused-ring (bicyclic) bond motifs is 1. The Kier molecular flexibility index (Phi) is 8.04. The third-order valence-corrected chi connectivity index (χ3v) is 5.42. The molecule has 0 saturated heterocycles. The Morgan fingerprint density at radius 1 is 1.09 bits per heavy atom. The number of amides is 1. The van der Waals surface area contributed by atoms with E-state index in [0.717, 1.165) is 22.0 Å². The van der Waals surface area contributed by atoms with E-state index in [4.69, 9.17) is 26.0 Å². The first-order valence-electron chi connectivity index (χ1n) is 10.6. The van der Waals surface area contributed by atoms with Crippen molar-refractivity contribution in [3.8, 4) is 11.5 Å². The van der Waals surface area contributed by atoms with Gasteiger partial charge >= 0.3 is 0 Å². The van der Waals surface area contributed by atoms with Crippen molar-refractivity contribution in [3.63, 3.8) is 0 Å². The fourth-order valence-corrected chi connectivity index (χ4v) is 3.58. The summed E-state index contributed by atoms with van der Waals surface area (Å²) < 4.78 is 10.8. The number of nitrogens with one attached hydrogen (secondary N) is 4. The third kappa shape index (κ3) is 5.89. The molecular formula is C24H30N6O3. The highest BCUT2D eigenvalue weighted by Crippen LogP contribution is 2.26. The molecule has 1 heterocycles. The summed E-state index contributed by atoms with van der Waals surface area (Å²) in [6, 6.07) is 13.5. The van der Waals surface area contributed by atoms with Crippen LogP contribution in [0, 0.1) is 10.8 Å². The van der Waals surface area contributed by atoms with Crippen LogP contribution in [0.1, 0.15) is 17.5 Å². The van der Waals surface area contributed by atoms with Gasteiger partial charge in [-0.05, 0) is 30.2 Å². The van der Waals surface area contributed by atoms with E-state index in [-0.39, 0.29) is 37.2 Å². The normalized spacial score (nSPS) is 10.6. The lowest BCUT2D eigenvalue weighted by molar-refractivity contribution is -0.119. The number of hydrogen-bond donors (Lipinski definition) is 5. The zero-order valence-electron chi connectivity index (χ0n) is 18.9. The number of amidine groups is 2. The van der Waals surface area contributed by atoms with Crippen molar-refractivity contribution in [3.05, 3.63) is 59.8 Å². The van der Waals surface area contributed by atoms with Crippen molar-refractivity contribution in [1.29, 1.82) is 10.8 Å². The predicted molar refractivity (Wildman–Crippen MR) is 129 cm³/mol. The summed E-state index contributed by atoms with van der Waals surface area (Å²) >= 11 is 0. The smallest absolute Gasteiger partial charge is 0.234 e. The van der Waals surface area contributed by atoms with Gasteiger partial charge in [0.05, 0.1) is 33.9 Å². The third-order valence-electron chi connectivity index (χ3n) is 5.42. The lowest BCUT2D eigenvalue weighted by Crippen LogP contribution is -2.43. The molecule has 0 saturated carbocycles. The van der Waals surface area contributed by atoms with Gasteiger partial charge in [0.1, 0.15) is 23.2 Å². The first-order valence-corrected chi connectivity index (χ1v) is 10.6. The van der Waals surface area contributed by atoms with Crippen molar-refractivity contribution >= 4 is 28.5 Å². The van der Waals surface area contributed by atoms with Gasteiger partial charge in [-0.3, -0.25) is 15.6 Å². The van der Waals surface area contributed by atoms with Gasteiger partial charge in [-0.2, -0.15) is 0 Å². The fourth-order valence-electron chi connectivity index (χ4n) is 3.58. The summed E-state index contributed by atoms with van der Waals surface area (Å²) in [6.45, 7) is 0.0682. The highest BCUT2D eigenvalue weighted by Gasteiger charge is 2.19. The fraction of sp³-hybridized carbons (Fsp3) is 0.292. The minimum atomic E-state index is -0.355. The van der Waals surface area contributed by atoms with Gasteiger partial charge in [-0.25, -0.2) is 0 Å². The number of hydrogen-bond acceptors (Lipinski definition) is 6. The Labute approximate surface area is 192 Å². The Bertz CT molecular complexity index is 1140. The van der Waals surface area contributed by atoms with Gasteiger partial charge in [0, 0.05) is 35.2 Å². The predicted octanol–water partition coefficient (Wildman–Crippen LogP) is 2.65. The maximum Gasteiger partial charge on any atom is 0.234 e. The summed E-state index contributed by atoms with van der Waals surface area (Å²) in [5.74, 6) is 1.26. The summed E-state index contributed by atoms with van der Waals surface area (Å²) in [5.41, 5.74) is 8.32. The average Bonchev–Trinajstić information content (AvgIpc) is 3.27. The molecule has 6 N–H and O–H groups in total. The molecule has 0 aliphatic carbocycles. The molecule has 174 valence electrons. The lowest BCUT2D eigenvalue weighted by atomic mass is 10.1. The van der Waals surface area contributed by atoms with Crippen LogP contribution in [0.15, 0.2) is 48.7 Å². The standard InChI is InChI=1S/C24H30N6O3/c1-32-18-9-7-17(21(11-18)33-2)15-30(23(27)14-29-24(31)12-25)22(26)10-8-16-13-28-20-6-4-3-5-19(16)20/h3-7,9,11,13,26-28H,8,10,12,14-15,25H2,1-2H3,(H,29,31). The van der Waals surface area contributed by atoms with Crippen molar-refractivity contribution in [2.24, 2.45) is 5.73 Å². The minimum absolute atomic E-state index is 0.0238. The number of aromatic nitrogens is 1. The molecule has 0 spiro atoms. The molecule has 1 amide bonds. The lowest BCUT2D eigenvalue weighted by Gasteiger charge is -2.27. The topological polar surface area (TPSA) is 140 Å². The second-order valence-corrected chi connectivity index (χ2v) is 7.50. The SMILES string of the molecule is COc1ccc(CN(C(=N)CCc2c[nH]c3ccccc23)C(=N)CNC(=O)CN)c(OC)c1. The number of benzene rings is 2. The van der Waals surface area contributed by atoms with Gasteiger partial charge in [-0.15, -0.1) is 0 Å². The Balaban J connectivity index is 1.79. The Hall–Kier alpha value is -3.85. The monoisotopic (exact) mass is 450 g/mol. The van der Waals surface area contributed by atoms with E-state index in [9.17, 15) is 4.79 Å². The number of aryl methyl sites for hydroxylation is 1. The number of H-pyrrole nitrogens is 1. The molecule has 0 fully saturated rings. The van der Waals surface area contributed by atoms with Crippen LogP contribution < -0.4 is 20.5 Å². The second-order valence-electron chi connectivity index (χ2n) is 7.50. The van der Waals surface area contributed by atoms with Crippen LogP contribution in [0.25, 0.3) is 10.9 Å². The molecule has 1 aromatic heterocycles. The maximum absolute atomic E-state index is 11.6. The first-order chi connectivity index (χ1) is 16.0. The van der Waals surface area contributed by atoms with Gasteiger partial charge in [0.15, 0.2) is 0 Å². The van der Waals surface area contributed by atoms with Gasteiger partial charge in [0.2, 0.25) is 5.91 Å². The van der Waals surface area contributed by atoms with E-state index in [0.29, 0.717) is 24.3 Å². The average molecular weight is 451 g/mol. The molecule has 3 rings (SSSR count). The zero-order valence-corrected chi connectivity index (χ0v) is 18.9. The molecule has 0 atom stereocenters. The molecule has 0 unspecified atom stereocenters. The first kappa shape index (κ1) is 23.8. The Morgan fingerprint density at radius 3 is 2.61 bits per heavy atom. The van der Waals surface area contributed by atoms with Crippen LogP contribution >= 0.6 is 0 Å². The molecule has 2 aromatic carbocycles. The number of aromatic amines is 1. The number of ether oxygens (including phenoxy) is 2. The molecule has 0 aliphatic rings. The summed E-state index contributed by atoms with van der Waals surface area (Å²) in [5, 5.41) is 21.0. The quantitative estimate of drug-likeness (QED) is 0.239. The van der Waals surface area contributed by atoms with Crippen molar-refractivity contribution in [2.75, 3.05) is 27.3 Å². The van der Waals surface area contributed by atoms with Crippen molar-refractivity contribution in [1.82, 2.24) is 15.2 Å². The number of para-hydroxylation sites is 1. The molecule has 0 radical (unpaired) electrons. The number of rotatable bonds is 10. The van der Waals surface area contributed by atoms with Crippen LogP contribution in [0.3, 0.4) is 0 Å². The molecule has 9 nitrogen and oxygen atoms in total. The maximum atomic E-state index is 11.6. The highest BCUT2D eigenvalue weighted by atomic mass is 16.5. The number of nitrogens with two attached hydrogens (primary N) is 1. The van der Waals surface area contributed by atoms with Crippen molar-refractivity contribution in [2.45, 2.75) is 19.4 Å². The summed E-state index contributed by atoms with van der Waals surface area (Å²) in [6.07, 6.45) is 3.02. The van der Waals surface area contributed by atoms with E-state index >= 15 is 0 Å². The summed E-state index contributed by atoms with van der Waals surface area (Å²) in [4.78, 5) is 16.4. The largest absolute Gasteiger partial charge is 0.497 e. The zero-order chi connectivity index (χ0) is 23.8. The van der Waals surface area contributed by atoms with Crippen LogP contribution in [0.4, 0.5) is 0 Å². The molecule has 9 heteroatoms. The molecule has 0 bridgehead atoms. The highest BCUT2D eigenvalue weighted by molar-refractivity contribution is 6.00. The molecule has 33 heavy (non-hydrogen) atoms. The van der Waals surface area contributed by atoms with E-state index < -0.39 is 0 Å². The van der Waals surface area contributed by atoms with Gasteiger partial charge in [0.25, 0.3) is 0 Å². The van der Waals surface area contributed by atoms with E-state index in [1.54, 1.807) is 25.2 Å². The van der Waals surface area contributed by atoms with Gasteiger partial charge in [-0.1, -0.05) is 18.2 Å². The minimum Gasteiger partial charge on any atom is -0.497 e. The Morgan fingerprint density at radius 2 is 1.88 bits per heavy atom. The molecule has 0 aliphatic heterocycles. The van der Waals surface area contributed by atoms with Crippen LogP contribution in [0.2, 0.25) is 0 Å². The van der Waals surface area contributed by atoms with E-state index in [1.165, 1.54) is 0 Å². The van der Waals surface area contributed by atoms with E-state index in [2.05, 4.69) is 16.4 Å². The van der Waals surface area contributed by atoms with Crippen LogP contribution in [0.5, 0.6) is 11.5 Å². The number of nitrogens with zero attached hydrogens (tertiary/aromatic N) is 1. The van der Waals surface area contributed by atoms with E-state index in [1.807, 2.05) is 36.5 Å². The number of carbonyl (C=O) groups excluding carboxylic acids is 1. The second kappa shape index (κ2) is 11.1. The van der Waals surface area contributed by atoms with Crippen LogP contribution in [-0.2, 0) is 17.8 Å². The molecule has 3 aromatic rings.